The molecule has 0 atom stereocenters. The normalized spacial score (nSPS) is 11.0. The summed E-state index contributed by atoms with van der Waals surface area (Å²) >= 11 is 3.26. The molecular formula is C15H15BrN2O3S. The highest BCUT2D eigenvalue weighted by Gasteiger charge is 2.13. The number of benzene rings is 2. The lowest BCUT2D eigenvalue weighted by atomic mass is 10.2. The lowest BCUT2D eigenvalue weighted by Crippen LogP contribution is -2.35. The summed E-state index contributed by atoms with van der Waals surface area (Å²) < 4.78 is 30.2. The van der Waals surface area contributed by atoms with E-state index >= 15 is 0 Å². The number of ether oxygens (including phenoxy) is 1. The van der Waals surface area contributed by atoms with Crippen LogP contribution < -0.4 is 15.0 Å². The van der Waals surface area contributed by atoms with Crippen molar-refractivity contribution in [3.05, 3.63) is 65.1 Å². The summed E-state index contributed by atoms with van der Waals surface area (Å²) in [5, 5.41) is 0. The van der Waals surface area contributed by atoms with Gasteiger partial charge in [-0.1, -0.05) is 34.6 Å². The van der Waals surface area contributed by atoms with Crippen molar-refractivity contribution in [1.82, 2.24) is 10.3 Å². The monoisotopic (exact) mass is 382 g/mol. The SMILES string of the molecule is C=C(NNS(=O)(=O)c1ccc(Br)cc1)c1cccc(OC)c1. The Hall–Kier alpha value is -1.83. The summed E-state index contributed by atoms with van der Waals surface area (Å²) in [6.45, 7) is 3.81. The molecule has 7 heteroatoms. The molecule has 22 heavy (non-hydrogen) atoms. The third kappa shape index (κ3) is 4.09. The van der Waals surface area contributed by atoms with Crippen LogP contribution in [-0.2, 0) is 10.0 Å². The van der Waals surface area contributed by atoms with Crippen LogP contribution in [0.25, 0.3) is 5.70 Å². The number of sulfonamides is 1. The Kier molecular flexibility index (Phi) is 5.23. The van der Waals surface area contributed by atoms with Gasteiger partial charge in [-0.25, -0.2) is 8.42 Å². The molecule has 116 valence electrons. The first-order valence-corrected chi connectivity index (χ1v) is 8.57. The van der Waals surface area contributed by atoms with E-state index in [1.54, 1.807) is 43.5 Å². The lowest BCUT2D eigenvalue weighted by Gasteiger charge is -2.12. The zero-order valence-corrected chi connectivity index (χ0v) is 14.2. The molecule has 0 spiro atoms. The minimum absolute atomic E-state index is 0.154. The van der Waals surface area contributed by atoms with Crippen molar-refractivity contribution in [2.24, 2.45) is 0 Å². The second-order valence-corrected chi connectivity index (χ2v) is 6.99. The molecular weight excluding hydrogens is 368 g/mol. The number of nitrogens with one attached hydrogen (secondary N) is 2. The minimum atomic E-state index is -3.67. The van der Waals surface area contributed by atoms with Crippen molar-refractivity contribution in [2.45, 2.75) is 4.90 Å². The average molecular weight is 383 g/mol. The van der Waals surface area contributed by atoms with E-state index in [1.807, 2.05) is 0 Å². The molecule has 0 unspecified atom stereocenters. The Balaban J connectivity index is 2.08. The molecule has 0 heterocycles. The van der Waals surface area contributed by atoms with E-state index in [1.165, 1.54) is 12.1 Å². The maximum atomic E-state index is 12.1. The fourth-order valence-electron chi connectivity index (χ4n) is 1.68. The minimum Gasteiger partial charge on any atom is -0.497 e. The van der Waals surface area contributed by atoms with Gasteiger partial charge in [-0.15, -0.1) is 4.83 Å². The molecule has 0 aliphatic carbocycles. The van der Waals surface area contributed by atoms with Crippen LogP contribution in [0.3, 0.4) is 0 Å². The Morgan fingerprint density at radius 2 is 1.86 bits per heavy atom. The molecule has 0 saturated heterocycles. The van der Waals surface area contributed by atoms with E-state index in [-0.39, 0.29) is 4.90 Å². The Morgan fingerprint density at radius 1 is 1.18 bits per heavy atom. The predicted octanol–water partition coefficient (Wildman–Crippen LogP) is 2.91. The maximum Gasteiger partial charge on any atom is 0.257 e. The molecule has 0 aliphatic heterocycles. The van der Waals surface area contributed by atoms with Crippen molar-refractivity contribution < 1.29 is 13.2 Å². The smallest absolute Gasteiger partial charge is 0.257 e. The number of methoxy groups -OCH3 is 1. The van der Waals surface area contributed by atoms with Crippen LogP contribution in [0.4, 0.5) is 0 Å². The molecule has 2 rings (SSSR count). The quantitative estimate of drug-likeness (QED) is 0.753. The highest BCUT2D eigenvalue weighted by molar-refractivity contribution is 9.10. The van der Waals surface area contributed by atoms with Gasteiger partial charge in [-0.05, 0) is 36.4 Å². The zero-order chi connectivity index (χ0) is 16.2. The Morgan fingerprint density at radius 3 is 2.50 bits per heavy atom. The molecule has 2 N–H and O–H groups in total. The zero-order valence-electron chi connectivity index (χ0n) is 11.8. The van der Waals surface area contributed by atoms with Crippen molar-refractivity contribution in [1.29, 1.82) is 0 Å². The van der Waals surface area contributed by atoms with Crippen LogP contribution in [-0.4, -0.2) is 15.5 Å². The summed E-state index contributed by atoms with van der Waals surface area (Å²) in [6.07, 6.45) is 0. The van der Waals surface area contributed by atoms with Crippen molar-refractivity contribution in [2.75, 3.05) is 7.11 Å². The van der Waals surface area contributed by atoms with E-state index in [2.05, 4.69) is 32.8 Å². The number of hydrazine groups is 1. The largest absolute Gasteiger partial charge is 0.497 e. The van der Waals surface area contributed by atoms with E-state index < -0.39 is 10.0 Å². The highest BCUT2D eigenvalue weighted by atomic mass is 79.9. The van der Waals surface area contributed by atoms with Crippen LogP contribution in [0.2, 0.25) is 0 Å². The molecule has 0 aliphatic rings. The first kappa shape index (κ1) is 16.5. The molecule has 0 bridgehead atoms. The van der Waals surface area contributed by atoms with Crippen molar-refractivity contribution >= 4 is 31.7 Å². The van der Waals surface area contributed by atoms with Gasteiger partial charge in [0.1, 0.15) is 5.75 Å². The van der Waals surface area contributed by atoms with Gasteiger partial charge in [0.25, 0.3) is 10.0 Å². The number of rotatable bonds is 6. The molecule has 5 nitrogen and oxygen atoms in total. The van der Waals surface area contributed by atoms with Crippen LogP contribution in [0.1, 0.15) is 5.56 Å². The third-order valence-electron chi connectivity index (χ3n) is 2.88. The summed E-state index contributed by atoms with van der Waals surface area (Å²) in [5.41, 5.74) is 3.74. The maximum absolute atomic E-state index is 12.1. The van der Waals surface area contributed by atoms with E-state index in [9.17, 15) is 8.42 Å². The third-order valence-corrected chi connectivity index (χ3v) is 4.67. The van der Waals surface area contributed by atoms with Gasteiger partial charge < -0.3 is 10.2 Å². The average Bonchev–Trinajstić information content (AvgIpc) is 2.53. The molecule has 0 radical (unpaired) electrons. The van der Waals surface area contributed by atoms with Gasteiger partial charge in [-0.3, -0.25) is 0 Å². The topological polar surface area (TPSA) is 67.4 Å². The fourth-order valence-corrected chi connectivity index (χ4v) is 2.82. The molecule has 0 aromatic heterocycles. The van der Waals surface area contributed by atoms with Crippen molar-refractivity contribution in [3.8, 4) is 5.75 Å². The van der Waals surface area contributed by atoms with Gasteiger partial charge in [-0.2, -0.15) is 0 Å². The van der Waals surface area contributed by atoms with E-state index in [0.717, 1.165) is 10.0 Å². The van der Waals surface area contributed by atoms with Crippen LogP contribution in [0, 0.1) is 0 Å². The first-order chi connectivity index (χ1) is 10.4. The van der Waals surface area contributed by atoms with Gasteiger partial charge in [0, 0.05) is 15.7 Å². The van der Waals surface area contributed by atoms with Gasteiger partial charge >= 0.3 is 0 Å². The highest BCUT2D eigenvalue weighted by Crippen LogP contribution is 2.17. The second-order valence-electron chi connectivity index (χ2n) is 4.39. The molecule has 2 aromatic rings. The number of hydrogen-bond acceptors (Lipinski definition) is 4. The van der Waals surface area contributed by atoms with Crippen LogP contribution in [0.5, 0.6) is 5.75 Å². The van der Waals surface area contributed by atoms with E-state index in [0.29, 0.717) is 11.4 Å². The van der Waals surface area contributed by atoms with Crippen molar-refractivity contribution in [3.63, 3.8) is 0 Å². The molecule has 2 aromatic carbocycles. The number of halogens is 1. The summed E-state index contributed by atoms with van der Waals surface area (Å²) in [6, 6.07) is 13.5. The molecule has 0 amide bonds. The lowest BCUT2D eigenvalue weighted by molar-refractivity contribution is 0.414. The molecule has 0 saturated carbocycles. The predicted molar refractivity (Wildman–Crippen MR) is 89.6 cm³/mol. The standard InChI is InChI=1S/C15H15BrN2O3S/c1-11(12-4-3-5-14(10-12)21-2)17-18-22(19,20)15-8-6-13(16)7-9-15/h3-10,17-18H,1H2,2H3. The molecule has 0 fully saturated rings. The van der Waals surface area contributed by atoms with Gasteiger partial charge in [0.15, 0.2) is 0 Å². The van der Waals surface area contributed by atoms with E-state index in [4.69, 9.17) is 4.74 Å². The summed E-state index contributed by atoms with van der Waals surface area (Å²) in [7, 11) is -2.11. The van der Waals surface area contributed by atoms with Crippen LogP contribution in [0.15, 0.2) is 64.5 Å². The summed E-state index contributed by atoms with van der Waals surface area (Å²) in [5.74, 6) is 0.663. The van der Waals surface area contributed by atoms with Gasteiger partial charge in [0.05, 0.1) is 12.0 Å². The van der Waals surface area contributed by atoms with Gasteiger partial charge in [0.2, 0.25) is 0 Å². The Bertz CT molecular complexity index is 774. The van der Waals surface area contributed by atoms with Crippen LogP contribution >= 0.6 is 15.9 Å². The fraction of sp³-hybridized carbons (Fsp3) is 0.0667. The summed E-state index contributed by atoms with van der Waals surface area (Å²) in [4.78, 5) is 2.45. The first-order valence-electron chi connectivity index (χ1n) is 6.29. The second kappa shape index (κ2) is 6.95. The number of hydrogen-bond donors (Lipinski definition) is 2. The Labute approximate surface area is 138 Å².